The number of rotatable bonds is 4. The van der Waals surface area contributed by atoms with Crippen molar-refractivity contribution in [2.24, 2.45) is 0 Å². The van der Waals surface area contributed by atoms with E-state index in [2.05, 4.69) is 41.5 Å². The Morgan fingerprint density at radius 1 is 1.18 bits per heavy atom. The molecule has 0 spiro atoms. The van der Waals surface area contributed by atoms with Crippen LogP contribution in [0.3, 0.4) is 0 Å². The second-order valence-corrected chi connectivity index (χ2v) is 4.29. The van der Waals surface area contributed by atoms with E-state index in [1.807, 2.05) is 25.4 Å². The molecule has 0 saturated heterocycles. The highest BCUT2D eigenvalue weighted by Gasteiger charge is 2.02. The number of nitrogens with one attached hydrogen (secondary N) is 1. The van der Waals surface area contributed by atoms with Crippen LogP contribution in [0.2, 0.25) is 0 Å². The highest BCUT2D eigenvalue weighted by molar-refractivity contribution is 5.33. The van der Waals surface area contributed by atoms with Crippen molar-refractivity contribution in [3.8, 4) is 0 Å². The molecule has 0 fully saturated rings. The lowest BCUT2D eigenvalue weighted by molar-refractivity contribution is 0.816. The average Bonchev–Trinajstić information content (AvgIpc) is 2.34. The molecule has 2 rings (SSSR count). The van der Waals surface area contributed by atoms with Gasteiger partial charge in [-0.25, -0.2) is 0 Å². The highest BCUT2D eigenvalue weighted by atomic mass is 14.8. The standard InChI is InChI=1S/C15H18N2/c1-12-9-13(11-16-2)6-7-14(12)10-15-5-3-4-8-17-15/h3-9,16H,10-11H2,1-2H3. The van der Waals surface area contributed by atoms with E-state index in [0.29, 0.717) is 0 Å². The van der Waals surface area contributed by atoms with Crippen LogP contribution in [-0.2, 0) is 13.0 Å². The molecule has 0 radical (unpaired) electrons. The molecule has 0 aliphatic rings. The van der Waals surface area contributed by atoms with E-state index in [4.69, 9.17) is 0 Å². The van der Waals surface area contributed by atoms with Crippen molar-refractivity contribution in [3.05, 3.63) is 65.0 Å². The second-order valence-electron chi connectivity index (χ2n) is 4.29. The van der Waals surface area contributed by atoms with Gasteiger partial charge in [-0.2, -0.15) is 0 Å². The monoisotopic (exact) mass is 226 g/mol. The third-order valence-electron chi connectivity index (χ3n) is 2.89. The molecule has 17 heavy (non-hydrogen) atoms. The van der Waals surface area contributed by atoms with Gasteiger partial charge in [0, 0.05) is 24.9 Å². The molecule has 0 aliphatic heterocycles. The zero-order valence-corrected chi connectivity index (χ0v) is 10.4. The number of hydrogen-bond acceptors (Lipinski definition) is 2. The van der Waals surface area contributed by atoms with E-state index >= 15 is 0 Å². The smallest absolute Gasteiger partial charge is 0.0447 e. The van der Waals surface area contributed by atoms with Crippen LogP contribution in [0.15, 0.2) is 42.6 Å². The highest BCUT2D eigenvalue weighted by Crippen LogP contribution is 2.14. The lowest BCUT2D eigenvalue weighted by Gasteiger charge is -2.08. The summed E-state index contributed by atoms with van der Waals surface area (Å²) < 4.78 is 0. The summed E-state index contributed by atoms with van der Waals surface area (Å²) >= 11 is 0. The van der Waals surface area contributed by atoms with E-state index < -0.39 is 0 Å². The van der Waals surface area contributed by atoms with Gasteiger partial charge in [0.25, 0.3) is 0 Å². The van der Waals surface area contributed by atoms with Gasteiger partial charge < -0.3 is 5.32 Å². The molecule has 0 amide bonds. The summed E-state index contributed by atoms with van der Waals surface area (Å²) in [5.41, 5.74) is 5.14. The number of aryl methyl sites for hydroxylation is 1. The Hall–Kier alpha value is -1.67. The maximum Gasteiger partial charge on any atom is 0.0447 e. The molecule has 0 saturated carbocycles. The Morgan fingerprint density at radius 2 is 2.06 bits per heavy atom. The van der Waals surface area contributed by atoms with Crippen molar-refractivity contribution in [2.75, 3.05) is 7.05 Å². The largest absolute Gasteiger partial charge is 0.316 e. The molecule has 1 aromatic heterocycles. The zero-order chi connectivity index (χ0) is 12.1. The summed E-state index contributed by atoms with van der Waals surface area (Å²) in [5.74, 6) is 0. The normalized spacial score (nSPS) is 10.5. The third kappa shape index (κ3) is 3.14. The van der Waals surface area contributed by atoms with Crippen molar-refractivity contribution < 1.29 is 0 Å². The lowest BCUT2D eigenvalue weighted by Crippen LogP contribution is -2.05. The molecule has 1 N–H and O–H groups in total. The molecule has 1 aromatic carbocycles. The van der Waals surface area contributed by atoms with Crippen molar-refractivity contribution in [2.45, 2.75) is 19.9 Å². The number of benzene rings is 1. The van der Waals surface area contributed by atoms with Crippen molar-refractivity contribution >= 4 is 0 Å². The molecule has 88 valence electrons. The molecule has 1 heterocycles. The first-order valence-corrected chi connectivity index (χ1v) is 5.92. The zero-order valence-electron chi connectivity index (χ0n) is 10.4. The molecular weight excluding hydrogens is 208 g/mol. The van der Waals surface area contributed by atoms with Gasteiger partial charge in [0.15, 0.2) is 0 Å². The van der Waals surface area contributed by atoms with Gasteiger partial charge in [0.1, 0.15) is 0 Å². The Balaban J connectivity index is 2.17. The van der Waals surface area contributed by atoms with Crippen LogP contribution in [0.5, 0.6) is 0 Å². The minimum atomic E-state index is 0.909. The van der Waals surface area contributed by atoms with Crippen LogP contribution in [0.25, 0.3) is 0 Å². The topological polar surface area (TPSA) is 24.9 Å². The second kappa shape index (κ2) is 5.60. The third-order valence-corrected chi connectivity index (χ3v) is 2.89. The first-order chi connectivity index (χ1) is 8.29. The van der Waals surface area contributed by atoms with E-state index in [1.165, 1.54) is 16.7 Å². The molecule has 0 aliphatic carbocycles. The first kappa shape index (κ1) is 11.8. The van der Waals surface area contributed by atoms with Gasteiger partial charge >= 0.3 is 0 Å². The number of pyridine rings is 1. The molecule has 0 atom stereocenters. The molecular formula is C15H18N2. The van der Waals surface area contributed by atoms with Crippen LogP contribution in [0.4, 0.5) is 0 Å². The fourth-order valence-corrected chi connectivity index (χ4v) is 1.97. The van der Waals surface area contributed by atoms with Crippen molar-refractivity contribution in [1.82, 2.24) is 10.3 Å². The van der Waals surface area contributed by atoms with Crippen LogP contribution in [0.1, 0.15) is 22.4 Å². The van der Waals surface area contributed by atoms with E-state index in [-0.39, 0.29) is 0 Å². The Labute approximate surface area is 103 Å². The number of nitrogens with zero attached hydrogens (tertiary/aromatic N) is 1. The van der Waals surface area contributed by atoms with Gasteiger partial charge in [-0.1, -0.05) is 24.3 Å². The lowest BCUT2D eigenvalue weighted by atomic mass is 10.0. The minimum Gasteiger partial charge on any atom is -0.316 e. The minimum absolute atomic E-state index is 0.909. The number of aromatic nitrogens is 1. The number of hydrogen-bond donors (Lipinski definition) is 1. The maximum absolute atomic E-state index is 4.36. The molecule has 0 bridgehead atoms. The Morgan fingerprint density at radius 3 is 2.71 bits per heavy atom. The first-order valence-electron chi connectivity index (χ1n) is 5.92. The van der Waals surface area contributed by atoms with Gasteiger partial charge in [-0.3, -0.25) is 4.98 Å². The molecule has 2 nitrogen and oxygen atoms in total. The van der Waals surface area contributed by atoms with Gasteiger partial charge in [-0.05, 0) is 42.8 Å². The van der Waals surface area contributed by atoms with Gasteiger partial charge in [-0.15, -0.1) is 0 Å². The Bertz CT molecular complexity index is 478. The summed E-state index contributed by atoms with van der Waals surface area (Å²) in [5, 5.41) is 3.17. The van der Waals surface area contributed by atoms with Crippen LogP contribution in [-0.4, -0.2) is 12.0 Å². The SMILES string of the molecule is CNCc1ccc(Cc2ccccn2)c(C)c1. The van der Waals surface area contributed by atoms with Crippen molar-refractivity contribution in [3.63, 3.8) is 0 Å². The van der Waals surface area contributed by atoms with Gasteiger partial charge in [0.2, 0.25) is 0 Å². The fourth-order valence-electron chi connectivity index (χ4n) is 1.97. The molecule has 2 aromatic rings. The summed E-state index contributed by atoms with van der Waals surface area (Å²) in [6, 6.07) is 12.7. The van der Waals surface area contributed by atoms with E-state index in [9.17, 15) is 0 Å². The van der Waals surface area contributed by atoms with Crippen molar-refractivity contribution in [1.29, 1.82) is 0 Å². The van der Waals surface area contributed by atoms with E-state index in [0.717, 1.165) is 18.7 Å². The van der Waals surface area contributed by atoms with E-state index in [1.54, 1.807) is 0 Å². The summed E-state index contributed by atoms with van der Waals surface area (Å²) in [6.45, 7) is 3.09. The van der Waals surface area contributed by atoms with Crippen LogP contribution in [0, 0.1) is 6.92 Å². The van der Waals surface area contributed by atoms with Crippen LogP contribution < -0.4 is 5.32 Å². The predicted octanol–water partition coefficient (Wildman–Crippen LogP) is 2.70. The Kier molecular flexibility index (Phi) is 3.89. The fraction of sp³-hybridized carbons (Fsp3) is 0.267. The quantitative estimate of drug-likeness (QED) is 0.867. The van der Waals surface area contributed by atoms with Crippen LogP contribution >= 0.6 is 0 Å². The average molecular weight is 226 g/mol. The maximum atomic E-state index is 4.36. The van der Waals surface area contributed by atoms with Gasteiger partial charge in [0.05, 0.1) is 0 Å². The predicted molar refractivity (Wildman–Crippen MR) is 71.0 cm³/mol. The molecule has 0 unspecified atom stereocenters. The summed E-state index contributed by atoms with van der Waals surface area (Å²) in [7, 11) is 1.97. The summed E-state index contributed by atoms with van der Waals surface area (Å²) in [4.78, 5) is 4.36. The summed E-state index contributed by atoms with van der Waals surface area (Å²) in [6.07, 6.45) is 2.76. The molecule has 2 heteroatoms.